The number of anilines is 1. The molecule has 0 atom stereocenters. The normalized spacial score (nSPS) is 11.2. The van der Waals surface area contributed by atoms with Crippen molar-refractivity contribution in [1.82, 2.24) is 15.1 Å². The summed E-state index contributed by atoms with van der Waals surface area (Å²) in [5.74, 6) is 0.601. The second-order valence-electron chi connectivity index (χ2n) is 9.38. The van der Waals surface area contributed by atoms with E-state index in [1.165, 1.54) is 12.1 Å². The number of hydrogen-bond acceptors (Lipinski definition) is 7. The Kier molecular flexibility index (Phi) is 9.79. The van der Waals surface area contributed by atoms with Crippen LogP contribution in [0.2, 0.25) is 0 Å². The summed E-state index contributed by atoms with van der Waals surface area (Å²) in [5.41, 5.74) is 2.16. The van der Waals surface area contributed by atoms with Crippen LogP contribution in [0.5, 0.6) is 11.5 Å². The molecule has 0 saturated carbocycles. The Bertz CT molecular complexity index is 1520. The monoisotopic (exact) mass is 598 g/mol. The van der Waals surface area contributed by atoms with Gasteiger partial charge < -0.3 is 19.7 Å². The molecule has 8 nitrogen and oxygen atoms in total. The second-order valence-corrected chi connectivity index (χ2v) is 10.4. The Balaban J connectivity index is 1.41. The van der Waals surface area contributed by atoms with Crippen LogP contribution in [0.3, 0.4) is 0 Å². The summed E-state index contributed by atoms with van der Waals surface area (Å²) in [6.45, 7) is 2.44. The smallest absolute Gasteiger partial charge is 0.416 e. The first-order chi connectivity index (χ1) is 20.1. The Hall–Kier alpha value is -4.45. The van der Waals surface area contributed by atoms with Crippen LogP contribution in [0.4, 0.5) is 18.3 Å². The van der Waals surface area contributed by atoms with Gasteiger partial charge in [0.05, 0.1) is 19.8 Å². The van der Waals surface area contributed by atoms with Crippen molar-refractivity contribution in [3.63, 3.8) is 0 Å². The summed E-state index contributed by atoms with van der Waals surface area (Å²) >= 11 is 1.04. The Morgan fingerprint density at radius 2 is 1.60 bits per heavy atom. The fourth-order valence-electron chi connectivity index (χ4n) is 4.10. The van der Waals surface area contributed by atoms with Crippen molar-refractivity contribution in [2.24, 2.45) is 0 Å². The fourth-order valence-corrected chi connectivity index (χ4v) is 4.87. The van der Waals surface area contributed by atoms with E-state index in [-0.39, 0.29) is 29.9 Å². The van der Waals surface area contributed by atoms with Crippen molar-refractivity contribution < 1.29 is 32.2 Å². The lowest BCUT2D eigenvalue weighted by molar-refractivity contribution is -0.137. The minimum Gasteiger partial charge on any atom is -0.493 e. The summed E-state index contributed by atoms with van der Waals surface area (Å²) in [4.78, 5) is 27.8. The van der Waals surface area contributed by atoms with E-state index in [1.54, 1.807) is 37.3 Å². The molecule has 0 aliphatic heterocycles. The van der Waals surface area contributed by atoms with Gasteiger partial charge in [-0.3, -0.25) is 9.59 Å². The summed E-state index contributed by atoms with van der Waals surface area (Å²) in [6, 6.07) is 17.3. The van der Waals surface area contributed by atoms with Gasteiger partial charge in [0.1, 0.15) is 5.01 Å². The largest absolute Gasteiger partial charge is 0.493 e. The zero-order chi connectivity index (χ0) is 30.3. The lowest BCUT2D eigenvalue weighted by atomic mass is 10.1. The number of nitrogens with zero attached hydrogens (tertiary/aromatic N) is 3. The van der Waals surface area contributed by atoms with Crippen LogP contribution in [-0.4, -0.2) is 54.2 Å². The number of rotatable bonds is 11. The number of methoxy groups -OCH3 is 2. The Labute approximate surface area is 245 Å². The highest BCUT2D eigenvalue weighted by atomic mass is 32.1. The van der Waals surface area contributed by atoms with Gasteiger partial charge in [-0.2, -0.15) is 13.2 Å². The number of alkyl halides is 3. The molecule has 220 valence electrons. The predicted octanol–water partition coefficient (Wildman–Crippen LogP) is 6.26. The van der Waals surface area contributed by atoms with Crippen molar-refractivity contribution in [3.8, 4) is 22.1 Å². The number of halogens is 3. The average Bonchev–Trinajstić information content (AvgIpc) is 3.45. The minimum atomic E-state index is -4.44. The quantitative estimate of drug-likeness (QED) is 0.219. The molecule has 4 aromatic rings. The standard InChI is InChI=1S/C30H29F3N4O4S/c1-19-4-7-22(8-5-19)28(39)37(16-14-20-6-13-24(40-2)25(18-20)41-3)17-15-26(38)34-29-36-35-27(42-29)21-9-11-23(12-10-21)30(31,32)33/h4-13,18H,14-17H2,1-3H3,(H,34,36,38). The van der Waals surface area contributed by atoms with Crippen molar-refractivity contribution >= 4 is 28.3 Å². The van der Waals surface area contributed by atoms with Gasteiger partial charge >= 0.3 is 6.18 Å². The number of aryl methyl sites for hydroxylation is 1. The van der Waals surface area contributed by atoms with Gasteiger partial charge in [0.25, 0.3) is 5.91 Å². The fraction of sp³-hybridized carbons (Fsp3) is 0.267. The number of carbonyl (C=O) groups excluding carboxylic acids is 2. The maximum Gasteiger partial charge on any atom is 0.416 e. The van der Waals surface area contributed by atoms with Crippen molar-refractivity contribution in [1.29, 1.82) is 0 Å². The number of ether oxygens (including phenoxy) is 2. The Morgan fingerprint density at radius 1 is 0.905 bits per heavy atom. The molecule has 0 unspecified atom stereocenters. The van der Waals surface area contributed by atoms with E-state index < -0.39 is 11.7 Å². The van der Waals surface area contributed by atoms with Gasteiger partial charge in [-0.05, 0) is 55.3 Å². The minimum absolute atomic E-state index is 0.00126. The van der Waals surface area contributed by atoms with Gasteiger partial charge in [-0.15, -0.1) is 10.2 Å². The molecule has 0 spiro atoms. The molecule has 0 saturated heterocycles. The first-order valence-electron chi connectivity index (χ1n) is 12.9. The molecule has 1 N–H and O–H groups in total. The van der Waals surface area contributed by atoms with E-state index in [4.69, 9.17) is 9.47 Å². The highest BCUT2D eigenvalue weighted by Crippen LogP contribution is 2.32. The molecule has 0 aliphatic carbocycles. The summed E-state index contributed by atoms with van der Waals surface area (Å²) in [6.07, 6.45) is -3.92. The van der Waals surface area contributed by atoms with Crippen LogP contribution in [-0.2, 0) is 17.4 Å². The Morgan fingerprint density at radius 3 is 2.24 bits per heavy atom. The van der Waals surface area contributed by atoms with E-state index in [0.29, 0.717) is 40.6 Å². The van der Waals surface area contributed by atoms with E-state index in [1.807, 2.05) is 31.2 Å². The molecule has 0 aliphatic rings. The zero-order valence-electron chi connectivity index (χ0n) is 23.2. The number of nitrogens with one attached hydrogen (secondary N) is 1. The van der Waals surface area contributed by atoms with Gasteiger partial charge in [0.2, 0.25) is 11.0 Å². The van der Waals surface area contributed by atoms with E-state index >= 15 is 0 Å². The molecule has 4 rings (SSSR count). The topological polar surface area (TPSA) is 93.6 Å². The van der Waals surface area contributed by atoms with Gasteiger partial charge in [-0.1, -0.05) is 47.2 Å². The summed E-state index contributed by atoms with van der Waals surface area (Å²) < 4.78 is 49.2. The summed E-state index contributed by atoms with van der Waals surface area (Å²) in [7, 11) is 3.11. The average molecular weight is 599 g/mol. The predicted molar refractivity (Wildman–Crippen MR) is 154 cm³/mol. The highest BCUT2D eigenvalue weighted by Gasteiger charge is 2.30. The van der Waals surface area contributed by atoms with Crippen molar-refractivity contribution in [3.05, 3.63) is 89.0 Å². The molecule has 42 heavy (non-hydrogen) atoms. The van der Waals surface area contributed by atoms with Gasteiger partial charge in [-0.25, -0.2) is 0 Å². The lowest BCUT2D eigenvalue weighted by Gasteiger charge is -2.23. The maximum absolute atomic E-state index is 13.4. The second kappa shape index (κ2) is 13.5. The molecule has 1 heterocycles. The third-order valence-corrected chi connectivity index (χ3v) is 7.33. The van der Waals surface area contributed by atoms with Crippen molar-refractivity contribution in [2.75, 3.05) is 32.6 Å². The van der Waals surface area contributed by atoms with Crippen LogP contribution in [0.1, 0.15) is 33.5 Å². The number of aromatic nitrogens is 2. The van der Waals surface area contributed by atoms with Crippen LogP contribution in [0.25, 0.3) is 10.6 Å². The third kappa shape index (κ3) is 7.84. The van der Waals surface area contributed by atoms with E-state index in [0.717, 1.165) is 34.6 Å². The third-order valence-electron chi connectivity index (χ3n) is 6.44. The molecule has 12 heteroatoms. The van der Waals surface area contributed by atoms with Crippen LogP contribution in [0, 0.1) is 6.92 Å². The van der Waals surface area contributed by atoms with Crippen LogP contribution in [0.15, 0.2) is 66.7 Å². The highest BCUT2D eigenvalue weighted by molar-refractivity contribution is 7.18. The maximum atomic E-state index is 13.4. The molecule has 2 amide bonds. The SMILES string of the molecule is COc1ccc(CCN(CCC(=O)Nc2nnc(-c3ccc(C(F)(F)F)cc3)s2)C(=O)c2ccc(C)cc2)cc1OC. The van der Waals surface area contributed by atoms with Gasteiger partial charge in [0.15, 0.2) is 11.5 Å². The molecular weight excluding hydrogens is 569 g/mol. The van der Waals surface area contributed by atoms with Crippen molar-refractivity contribution in [2.45, 2.75) is 25.9 Å². The molecular formula is C30H29F3N4O4S. The van der Waals surface area contributed by atoms with Crippen LogP contribution < -0.4 is 14.8 Å². The number of hydrogen-bond donors (Lipinski definition) is 1. The molecule has 3 aromatic carbocycles. The van der Waals surface area contributed by atoms with Gasteiger partial charge in [0, 0.05) is 30.6 Å². The molecule has 1 aromatic heterocycles. The molecule has 0 radical (unpaired) electrons. The zero-order valence-corrected chi connectivity index (χ0v) is 24.0. The number of amides is 2. The molecule has 0 bridgehead atoms. The summed E-state index contributed by atoms with van der Waals surface area (Å²) in [5, 5.41) is 11.2. The van der Waals surface area contributed by atoms with E-state index in [2.05, 4.69) is 15.5 Å². The first kappa shape index (κ1) is 30.5. The molecule has 0 fully saturated rings. The number of carbonyl (C=O) groups is 2. The first-order valence-corrected chi connectivity index (χ1v) is 13.8. The lowest BCUT2D eigenvalue weighted by Crippen LogP contribution is -2.35. The van der Waals surface area contributed by atoms with E-state index in [9.17, 15) is 22.8 Å². The number of benzene rings is 3. The van der Waals surface area contributed by atoms with Crippen LogP contribution >= 0.6 is 11.3 Å².